The molecular formula is C13H18N4OS. The van der Waals surface area contributed by atoms with Crippen LogP contribution in [0.2, 0.25) is 0 Å². The Morgan fingerprint density at radius 1 is 1.11 bits per heavy atom. The fourth-order valence-electron chi connectivity index (χ4n) is 2.60. The van der Waals surface area contributed by atoms with Crippen molar-refractivity contribution in [1.29, 1.82) is 0 Å². The molecule has 3 rings (SSSR count). The van der Waals surface area contributed by atoms with E-state index in [0.29, 0.717) is 22.6 Å². The SMILES string of the molecule is Nc1nc(-c2nc(C3CCCCCCC3)no2)cs1. The summed E-state index contributed by atoms with van der Waals surface area (Å²) in [6.07, 6.45) is 8.86. The molecule has 5 nitrogen and oxygen atoms in total. The number of thiazole rings is 1. The largest absolute Gasteiger partial charge is 0.375 e. The van der Waals surface area contributed by atoms with Gasteiger partial charge in [-0.15, -0.1) is 11.3 Å². The van der Waals surface area contributed by atoms with Crippen molar-refractivity contribution >= 4 is 16.5 Å². The van der Waals surface area contributed by atoms with Crippen molar-refractivity contribution < 1.29 is 4.52 Å². The second-order valence-corrected chi connectivity index (χ2v) is 5.96. The number of aromatic nitrogens is 3. The Bertz CT molecular complexity index is 528. The number of nitrogen functional groups attached to an aromatic ring is 1. The molecule has 0 saturated heterocycles. The van der Waals surface area contributed by atoms with Gasteiger partial charge in [0, 0.05) is 11.3 Å². The molecule has 0 bridgehead atoms. The summed E-state index contributed by atoms with van der Waals surface area (Å²) < 4.78 is 5.32. The van der Waals surface area contributed by atoms with Gasteiger partial charge in [0.05, 0.1) is 0 Å². The van der Waals surface area contributed by atoms with E-state index in [1.165, 1.54) is 43.4 Å². The third-order valence-electron chi connectivity index (χ3n) is 3.65. The van der Waals surface area contributed by atoms with Gasteiger partial charge in [-0.2, -0.15) is 4.98 Å². The zero-order valence-corrected chi connectivity index (χ0v) is 11.7. The van der Waals surface area contributed by atoms with E-state index in [2.05, 4.69) is 15.1 Å². The van der Waals surface area contributed by atoms with Gasteiger partial charge in [-0.1, -0.05) is 37.3 Å². The molecule has 102 valence electrons. The highest BCUT2D eigenvalue weighted by Gasteiger charge is 2.20. The second-order valence-electron chi connectivity index (χ2n) is 5.07. The summed E-state index contributed by atoms with van der Waals surface area (Å²) in [6.45, 7) is 0. The summed E-state index contributed by atoms with van der Waals surface area (Å²) in [4.78, 5) is 8.67. The molecule has 0 spiro atoms. The first-order valence-electron chi connectivity index (χ1n) is 6.88. The third-order valence-corrected chi connectivity index (χ3v) is 4.33. The van der Waals surface area contributed by atoms with Crippen LogP contribution in [-0.2, 0) is 0 Å². The van der Waals surface area contributed by atoms with Crippen molar-refractivity contribution in [3.05, 3.63) is 11.2 Å². The summed E-state index contributed by atoms with van der Waals surface area (Å²) in [7, 11) is 0. The van der Waals surface area contributed by atoms with Crippen LogP contribution in [0.5, 0.6) is 0 Å². The summed E-state index contributed by atoms with van der Waals surface area (Å²) in [5.41, 5.74) is 6.31. The lowest BCUT2D eigenvalue weighted by Gasteiger charge is -2.15. The predicted molar refractivity (Wildman–Crippen MR) is 74.9 cm³/mol. The summed E-state index contributed by atoms with van der Waals surface area (Å²) >= 11 is 1.39. The Morgan fingerprint density at radius 2 is 1.84 bits per heavy atom. The first-order chi connectivity index (χ1) is 9.33. The highest BCUT2D eigenvalue weighted by molar-refractivity contribution is 7.13. The van der Waals surface area contributed by atoms with E-state index in [1.54, 1.807) is 0 Å². The topological polar surface area (TPSA) is 77.8 Å². The van der Waals surface area contributed by atoms with Crippen molar-refractivity contribution in [2.75, 3.05) is 5.73 Å². The molecule has 1 aliphatic rings. The molecule has 19 heavy (non-hydrogen) atoms. The lowest BCUT2D eigenvalue weighted by atomic mass is 9.91. The van der Waals surface area contributed by atoms with Crippen LogP contribution in [0.3, 0.4) is 0 Å². The van der Waals surface area contributed by atoms with Crippen LogP contribution in [-0.4, -0.2) is 15.1 Å². The van der Waals surface area contributed by atoms with Crippen molar-refractivity contribution in [3.63, 3.8) is 0 Å². The number of nitrogens with zero attached hydrogens (tertiary/aromatic N) is 3. The Kier molecular flexibility index (Phi) is 3.77. The van der Waals surface area contributed by atoms with Gasteiger partial charge in [-0.05, 0) is 12.8 Å². The number of rotatable bonds is 2. The van der Waals surface area contributed by atoms with Crippen molar-refractivity contribution in [1.82, 2.24) is 15.1 Å². The van der Waals surface area contributed by atoms with E-state index in [-0.39, 0.29) is 0 Å². The molecule has 0 aromatic carbocycles. The maximum absolute atomic E-state index is 5.62. The van der Waals surface area contributed by atoms with Crippen LogP contribution in [0.15, 0.2) is 9.90 Å². The first kappa shape index (κ1) is 12.6. The van der Waals surface area contributed by atoms with Crippen molar-refractivity contribution in [3.8, 4) is 11.6 Å². The highest BCUT2D eigenvalue weighted by Crippen LogP contribution is 2.30. The minimum Gasteiger partial charge on any atom is -0.375 e. The van der Waals surface area contributed by atoms with Crippen LogP contribution in [0.1, 0.15) is 56.7 Å². The van der Waals surface area contributed by atoms with E-state index in [9.17, 15) is 0 Å². The zero-order valence-electron chi connectivity index (χ0n) is 10.8. The molecule has 0 atom stereocenters. The van der Waals surface area contributed by atoms with E-state index in [1.807, 2.05) is 5.38 Å². The molecule has 1 saturated carbocycles. The molecular weight excluding hydrogens is 260 g/mol. The molecule has 2 heterocycles. The fraction of sp³-hybridized carbons (Fsp3) is 0.615. The molecule has 0 radical (unpaired) electrons. The summed E-state index contributed by atoms with van der Waals surface area (Å²) in [5, 5.41) is 6.52. The van der Waals surface area contributed by atoms with E-state index >= 15 is 0 Å². The maximum Gasteiger partial charge on any atom is 0.277 e. The average molecular weight is 278 g/mol. The van der Waals surface area contributed by atoms with Crippen LogP contribution in [0, 0.1) is 0 Å². The molecule has 2 aromatic rings. The molecule has 1 aliphatic carbocycles. The normalized spacial score (nSPS) is 18.1. The second kappa shape index (κ2) is 5.69. The zero-order chi connectivity index (χ0) is 13.1. The first-order valence-corrected chi connectivity index (χ1v) is 7.76. The minimum atomic E-state index is 0.439. The Hall–Kier alpha value is -1.43. The number of hydrogen-bond acceptors (Lipinski definition) is 6. The van der Waals surface area contributed by atoms with Gasteiger partial charge in [0.1, 0.15) is 5.69 Å². The molecule has 0 aliphatic heterocycles. The standard InChI is InChI=1S/C13H18N4OS/c14-13-15-10(8-19-13)12-16-11(17-18-12)9-6-4-2-1-3-5-7-9/h8-9H,1-7H2,(H2,14,15). The van der Waals surface area contributed by atoms with Gasteiger partial charge in [-0.3, -0.25) is 0 Å². The fourth-order valence-corrected chi connectivity index (χ4v) is 3.14. The third kappa shape index (κ3) is 2.94. The molecule has 0 unspecified atom stereocenters. The minimum absolute atomic E-state index is 0.439. The van der Waals surface area contributed by atoms with E-state index < -0.39 is 0 Å². The molecule has 2 aromatic heterocycles. The highest BCUT2D eigenvalue weighted by atomic mass is 32.1. The van der Waals surface area contributed by atoms with Gasteiger partial charge >= 0.3 is 0 Å². The average Bonchev–Trinajstić information content (AvgIpc) is 2.97. The maximum atomic E-state index is 5.62. The monoisotopic (exact) mass is 278 g/mol. The Balaban J connectivity index is 1.76. The Labute approximate surface area is 116 Å². The molecule has 1 fully saturated rings. The summed E-state index contributed by atoms with van der Waals surface area (Å²) in [5.74, 6) is 1.77. The smallest absolute Gasteiger partial charge is 0.277 e. The van der Waals surface area contributed by atoms with Crippen LogP contribution >= 0.6 is 11.3 Å². The lowest BCUT2D eigenvalue weighted by Crippen LogP contribution is -2.04. The lowest BCUT2D eigenvalue weighted by molar-refractivity contribution is 0.392. The van der Waals surface area contributed by atoms with Crippen molar-refractivity contribution in [2.45, 2.75) is 50.9 Å². The Morgan fingerprint density at radius 3 is 2.53 bits per heavy atom. The van der Waals surface area contributed by atoms with Crippen LogP contribution < -0.4 is 5.73 Å². The van der Waals surface area contributed by atoms with E-state index in [0.717, 1.165) is 18.7 Å². The molecule has 2 N–H and O–H groups in total. The number of hydrogen-bond donors (Lipinski definition) is 1. The van der Waals surface area contributed by atoms with Gasteiger partial charge < -0.3 is 10.3 Å². The summed E-state index contributed by atoms with van der Waals surface area (Å²) in [6, 6.07) is 0. The van der Waals surface area contributed by atoms with Gasteiger partial charge in [0.15, 0.2) is 11.0 Å². The van der Waals surface area contributed by atoms with Gasteiger partial charge in [-0.25, -0.2) is 4.98 Å². The molecule has 0 amide bonds. The number of nitrogens with two attached hydrogens (primary N) is 1. The van der Waals surface area contributed by atoms with Crippen LogP contribution in [0.25, 0.3) is 11.6 Å². The van der Waals surface area contributed by atoms with E-state index in [4.69, 9.17) is 10.3 Å². The molecule has 6 heteroatoms. The quantitative estimate of drug-likeness (QED) is 0.908. The van der Waals surface area contributed by atoms with Crippen molar-refractivity contribution in [2.24, 2.45) is 0 Å². The predicted octanol–water partition coefficient (Wildman–Crippen LogP) is 3.60. The van der Waals surface area contributed by atoms with Crippen LogP contribution in [0.4, 0.5) is 5.13 Å². The van der Waals surface area contributed by atoms with Gasteiger partial charge in [0.25, 0.3) is 5.89 Å². The number of anilines is 1. The van der Waals surface area contributed by atoms with Gasteiger partial charge in [0.2, 0.25) is 0 Å².